The van der Waals surface area contributed by atoms with Crippen molar-refractivity contribution >= 4 is 5.91 Å². The third kappa shape index (κ3) is 4.28. The Hall–Kier alpha value is -2.14. The van der Waals surface area contributed by atoms with Crippen LogP contribution in [0.2, 0.25) is 0 Å². The average molecular weight is 340 g/mol. The number of nitrogens with zero attached hydrogens (tertiary/aromatic N) is 4. The first kappa shape index (κ1) is 17.7. The van der Waals surface area contributed by atoms with E-state index >= 15 is 0 Å². The Morgan fingerprint density at radius 2 is 1.88 bits per heavy atom. The summed E-state index contributed by atoms with van der Waals surface area (Å²) in [5.74, 6) is 0.268. The van der Waals surface area contributed by atoms with Gasteiger partial charge in [0.2, 0.25) is 5.91 Å². The highest BCUT2D eigenvalue weighted by molar-refractivity contribution is 5.82. The van der Waals surface area contributed by atoms with Gasteiger partial charge in [-0.25, -0.2) is 0 Å². The molecule has 25 heavy (non-hydrogen) atoms. The highest BCUT2D eigenvalue weighted by atomic mass is 16.2. The number of aromatic nitrogens is 2. The Morgan fingerprint density at radius 3 is 2.56 bits per heavy atom. The van der Waals surface area contributed by atoms with Crippen LogP contribution >= 0.6 is 0 Å². The van der Waals surface area contributed by atoms with Gasteiger partial charge < -0.3 is 4.90 Å². The van der Waals surface area contributed by atoms with E-state index in [-0.39, 0.29) is 11.9 Å². The van der Waals surface area contributed by atoms with E-state index in [0.29, 0.717) is 0 Å². The van der Waals surface area contributed by atoms with Crippen LogP contribution in [0.25, 0.3) is 0 Å². The quantitative estimate of drug-likeness (QED) is 0.778. The number of hydrogen-bond acceptors (Lipinski definition) is 3. The lowest BCUT2D eigenvalue weighted by Gasteiger charge is -2.39. The number of carbonyl (C=O) groups is 1. The minimum Gasteiger partial charge on any atom is -0.343 e. The van der Waals surface area contributed by atoms with Crippen LogP contribution in [0.15, 0.2) is 42.7 Å². The highest BCUT2D eigenvalue weighted by Gasteiger charge is 2.32. The van der Waals surface area contributed by atoms with Crippen LogP contribution in [0.5, 0.6) is 0 Å². The van der Waals surface area contributed by atoms with E-state index in [1.807, 2.05) is 35.1 Å². The summed E-state index contributed by atoms with van der Waals surface area (Å²) in [6.45, 7) is 5.52. The van der Waals surface area contributed by atoms with Crippen LogP contribution in [-0.2, 0) is 17.9 Å². The Bertz CT molecular complexity index is 683. The van der Waals surface area contributed by atoms with Crippen molar-refractivity contribution in [2.24, 2.45) is 0 Å². The van der Waals surface area contributed by atoms with Crippen LogP contribution < -0.4 is 0 Å². The molecule has 2 aromatic rings. The molecule has 1 amide bonds. The van der Waals surface area contributed by atoms with Gasteiger partial charge in [-0.3, -0.25) is 14.4 Å². The Morgan fingerprint density at radius 1 is 1.12 bits per heavy atom. The number of amides is 1. The summed E-state index contributed by atoms with van der Waals surface area (Å²) >= 11 is 0. The first-order chi connectivity index (χ1) is 12.2. The summed E-state index contributed by atoms with van der Waals surface area (Å²) in [5, 5.41) is 4.32. The number of carbonyl (C=O) groups excluding carboxylic acids is 1. The van der Waals surface area contributed by atoms with Gasteiger partial charge >= 0.3 is 0 Å². The second-order valence-corrected chi connectivity index (χ2v) is 6.86. The molecule has 1 fully saturated rings. The van der Waals surface area contributed by atoms with Crippen LogP contribution in [-0.4, -0.2) is 51.7 Å². The van der Waals surface area contributed by atoms with Crippen molar-refractivity contribution in [3.05, 3.63) is 53.9 Å². The van der Waals surface area contributed by atoms with Gasteiger partial charge in [0.25, 0.3) is 0 Å². The van der Waals surface area contributed by atoms with Gasteiger partial charge in [-0.15, -0.1) is 0 Å². The van der Waals surface area contributed by atoms with Gasteiger partial charge in [0.1, 0.15) is 0 Å². The largest absolute Gasteiger partial charge is 0.343 e. The number of rotatable bonds is 7. The van der Waals surface area contributed by atoms with Crippen LogP contribution in [0, 0.1) is 0 Å². The minimum absolute atomic E-state index is 0.0106. The summed E-state index contributed by atoms with van der Waals surface area (Å²) in [4.78, 5) is 16.9. The number of piperazine rings is 1. The van der Waals surface area contributed by atoms with Crippen molar-refractivity contribution in [3.63, 3.8) is 0 Å². The van der Waals surface area contributed by atoms with Gasteiger partial charge in [0, 0.05) is 39.1 Å². The van der Waals surface area contributed by atoms with Crippen LogP contribution in [0.4, 0.5) is 0 Å². The molecule has 0 bridgehead atoms. The summed E-state index contributed by atoms with van der Waals surface area (Å²) in [6, 6.07) is 10.5. The summed E-state index contributed by atoms with van der Waals surface area (Å²) in [5.41, 5.74) is 2.56. The van der Waals surface area contributed by atoms with E-state index in [1.54, 1.807) is 0 Å². The molecule has 1 aromatic carbocycles. The first-order valence-electron chi connectivity index (χ1n) is 9.22. The van der Waals surface area contributed by atoms with E-state index in [4.69, 9.17) is 0 Å². The molecule has 0 saturated carbocycles. The molecule has 1 aliphatic heterocycles. The predicted molar refractivity (Wildman–Crippen MR) is 99.1 cm³/mol. The molecule has 1 aromatic heterocycles. The van der Waals surface area contributed by atoms with Crippen LogP contribution in [0.3, 0.4) is 0 Å². The van der Waals surface area contributed by atoms with E-state index < -0.39 is 0 Å². The molecular formula is C20H28N4O. The average Bonchev–Trinajstić information content (AvgIpc) is 3.12. The number of benzene rings is 1. The standard InChI is InChI=1S/C20H28N4O/c1-3-4-10-19-20(25)22(2)13-14-23(19)15-17-8-5-6-9-18(17)16-24-12-7-11-21-24/h5-9,11-12,19H,3-4,10,13-16H2,1-2H3. The van der Waals surface area contributed by atoms with Gasteiger partial charge in [0.05, 0.1) is 12.6 Å². The van der Waals surface area contributed by atoms with E-state index in [0.717, 1.165) is 45.4 Å². The molecule has 0 aliphatic carbocycles. The lowest BCUT2D eigenvalue weighted by molar-refractivity contribution is -0.140. The maximum absolute atomic E-state index is 12.6. The lowest BCUT2D eigenvalue weighted by Crippen LogP contribution is -2.55. The molecular weight excluding hydrogens is 312 g/mol. The molecule has 3 rings (SSSR count). The zero-order valence-electron chi connectivity index (χ0n) is 15.3. The second kappa shape index (κ2) is 8.30. The molecule has 1 unspecified atom stereocenters. The second-order valence-electron chi connectivity index (χ2n) is 6.86. The summed E-state index contributed by atoms with van der Waals surface area (Å²) in [7, 11) is 1.92. The van der Waals surface area contributed by atoms with Crippen molar-refractivity contribution in [1.82, 2.24) is 19.6 Å². The van der Waals surface area contributed by atoms with E-state index in [1.165, 1.54) is 11.1 Å². The smallest absolute Gasteiger partial charge is 0.239 e. The van der Waals surface area contributed by atoms with Crippen LogP contribution in [0.1, 0.15) is 37.3 Å². The topological polar surface area (TPSA) is 41.4 Å². The predicted octanol–water partition coefficient (Wildman–Crippen LogP) is 2.76. The van der Waals surface area contributed by atoms with Crippen molar-refractivity contribution in [1.29, 1.82) is 0 Å². The Kier molecular flexibility index (Phi) is 5.87. The first-order valence-corrected chi connectivity index (χ1v) is 9.22. The third-order valence-electron chi connectivity index (χ3n) is 5.04. The fourth-order valence-electron chi connectivity index (χ4n) is 3.50. The molecule has 5 nitrogen and oxygen atoms in total. The molecule has 1 atom stereocenters. The van der Waals surface area contributed by atoms with E-state index in [2.05, 4.69) is 41.2 Å². The van der Waals surface area contributed by atoms with Crippen molar-refractivity contribution in [2.45, 2.75) is 45.3 Å². The van der Waals surface area contributed by atoms with Gasteiger partial charge in [-0.2, -0.15) is 5.10 Å². The minimum atomic E-state index is 0.0106. The zero-order valence-corrected chi connectivity index (χ0v) is 15.3. The molecule has 0 spiro atoms. The maximum atomic E-state index is 12.6. The normalized spacial score (nSPS) is 18.7. The van der Waals surface area contributed by atoms with Crippen molar-refractivity contribution in [3.8, 4) is 0 Å². The lowest BCUT2D eigenvalue weighted by atomic mass is 10.0. The third-order valence-corrected chi connectivity index (χ3v) is 5.04. The molecule has 1 aliphatic rings. The van der Waals surface area contributed by atoms with E-state index in [9.17, 15) is 4.79 Å². The molecule has 0 radical (unpaired) electrons. The Balaban J connectivity index is 1.77. The number of hydrogen-bond donors (Lipinski definition) is 0. The fourth-order valence-corrected chi connectivity index (χ4v) is 3.50. The van der Waals surface area contributed by atoms with Crippen molar-refractivity contribution < 1.29 is 4.79 Å². The van der Waals surface area contributed by atoms with Gasteiger partial charge in [-0.05, 0) is 23.6 Å². The molecule has 5 heteroatoms. The fraction of sp³-hybridized carbons (Fsp3) is 0.500. The molecule has 1 saturated heterocycles. The number of unbranched alkanes of at least 4 members (excludes halogenated alkanes) is 1. The SMILES string of the molecule is CCCCC1C(=O)N(C)CCN1Cc1ccccc1Cn1cccn1. The summed E-state index contributed by atoms with van der Waals surface area (Å²) in [6.07, 6.45) is 6.95. The van der Waals surface area contributed by atoms with Gasteiger partial charge in [-0.1, -0.05) is 44.0 Å². The zero-order chi connectivity index (χ0) is 17.6. The molecule has 2 heterocycles. The molecule has 0 N–H and O–H groups in total. The maximum Gasteiger partial charge on any atom is 0.239 e. The molecule has 134 valence electrons. The Labute approximate surface area is 150 Å². The van der Waals surface area contributed by atoms with Gasteiger partial charge in [0.15, 0.2) is 0 Å². The number of likely N-dealkylation sites (N-methyl/N-ethyl adjacent to an activating group) is 1. The summed E-state index contributed by atoms with van der Waals surface area (Å²) < 4.78 is 1.95. The monoisotopic (exact) mass is 340 g/mol. The van der Waals surface area contributed by atoms with Crippen molar-refractivity contribution in [2.75, 3.05) is 20.1 Å². The highest BCUT2D eigenvalue weighted by Crippen LogP contribution is 2.21.